The Kier molecular flexibility index (Phi) is 4.91. The molecule has 0 radical (unpaired) electrons. The van der Waals surface area contributed by atoms with Crippen LogP contribution >= 0.6 is 27.5 Å². The van der Waals surface area contributed by atoms with E-state index in [9.17, 15) is 4.79 Å². The molecule has 82 valence electrons. The fourth-order valence-electron chi connectivity index (χ4n) is 1.07. The topological polar surface area (TPSA) is 41.1 Å². The van der Waals surface area contributed by atoms with Crippen LogP contribution in [0, 0.1) is 0 Å². The van der Waals surface area contributed by atoms with Crippen LogP contribution in [0.25, 0.3) is 0 Å². The van der Waals surface area contributed by atoms with Gasteiger partial charge in [-0.2, -0.15) is 0 Å². The lowest BCUT2D eigenvalue weighted by atomic mass is 10.3. The van der Waals surface area contributed by atoms with Crippen LogP contribution in [0.2, 0.25) is 5.02 Å². The maximum absolute atomic E-state index is 10.6. The van der Waals surface area contributed by atoms with Gasteiger partial charge < -0.3 is 10.6 Å². The summed E-state index contributed by atoms with van der Waals surface area (Å²) in [5.41, 5.74) is 0.963. The van der Waals surface area contributed by atoms with E-state index in [0.29, 0.717) is 18.1 Å². The van der Waals surface area contributed by atoms with Crippen molar-refractivity contribution in [2.24, 2.45) is 0 Å². The average Bonchev–Trinajstić information content (AvgIpc) is 2.14. The van der Waals surface area contributed by atoms with Crippen LogP contribution in [0.5, 0.6) is 0 Å². The first-order valence-electron chi connectivity index (χ1n) is 4.53. The molecule has 1 aromatic rings. The normalized spacial score (nSPS) is 9.80. The molecule has 0 saturated heterocycles. The highest BCUT2D eigenvalue weighted by Crippen LogP contribution is 2.25. The van der Waals surface area contributed by atoms with Crippen LogP contribution in [-0.4, -0.2) is 19.0 Å². The summed E-state index contributed by atoms with van der Waals surface area (Å²) in [7, 11) is 0. The molecule has 3 nitrogen and oxygen atoms in total. The van der Waals surface area contributed by atoms with Crippen molar-refractivity contribution in [3.8, 4) is 0 Å². The number of rotatable bonds is 4. The summed E-state index contributed by atoms with van der Waals surface area (Å²) >= 11 is 9.20. The maximum atomic E-state index is 10.6. The molecule has 0 bridgehead atoms. The molecule has 0 aromatic heterocycles. The van der Waals surface area contributed by atoms with Crippen LogP contribution in [0.1, 0.15) is 6.92 Å². The zero-order valence-corrected chi connectivity index (χ0v) is 10.7. The maximum Gasteiger partial charge on any atom is 0.216 e. The lowest BCUT2D eigenvalue weighted by molar-refractivity contribution is -0.118. The van der Waals surface area contributed by atoms with E-state index < -0.39 is 0 Å². The van der Waals surface area contributed by atoms with Crippen LogP contribution in [0.4, 0.5) is 5.69 Å². The van der Waals surface area contributed by atoms with Crippen molar-refractivity contribution in [2.45, 2.75) is 6.92 Å². The number of nitrogens with one attached hydrogen (secondary N) is 2. The van der Waals surface area contributed by atoms with E-state index in [1.54, 1.807) is 0 Å². The first-order valence-corrected chi connectivity index (χ1v) is 5.70. The van der Waals surface area contributed by atoms with E-state index >= 15 is 0 Å². The zero-order valence-electron chi connectivity index (χ0n) is 8.31. The molecule has 5 heteroatoms. The monoisotopic (exact) mass is 290 g/mol. The summed E-state index contributed by atoms with van der Waals surface area (Å²) in [6.45, 7) is 2.78. The third-order valence-corrected chi connectivity index (χ3v) is 2.64. The smallest absolute Gasteiger partial charge is 0.216 e. The first-order chi connectivity index (χ1) is 7.09. The van der Waals surface area contributed by atoms with Crippen molar-refractivity contribution in [2.75, 3.05) is 18.4 Å². The predicted molar refractivity (Wildman–Crippen MR) is 66.3 cm³/mol. The van der Waals surface area contributed by atoms with E-state index in [0.717, 1.165) is 10.2 Å². The molecule has 15 heavy (non-hydrogen) atoms. The number of benzene rings is 1. The van der Waals surface area contributed by atoms with Crippen molar-refractivity contribution in [1.29, 1.82) is 0 Å². The highest BCUT2D eigenvalue weighted by Gasteiger charge is 1.99. The molecule has 1 amide bonds. The minimum absolute atomic E-state index is 0.0213. The van der Waals surface area contributed by atoms with E-state index in [1.807, 2.05) is 18.2 Å². The fraction of sp³-hybridized carbons (Fsp3) is 0.300. The minimum atomic E-state index is -0.0213. The van der Waals surface area contributed by atoms with Gasteiger partial charge in [0.2, 0.25) is 5.91 Å². The van der Waals surface area contributed by atoms with Crippen LogP contribution < -0.4 is 10.6 Å². The van der Waals surface area contributed by atoms with Gasteiger partial charge in [0, 0.05) is 35.2 Å². The van der Waals surface area contributed by atoms with Gasteiger partial charge in [-0.25, -0.2) is 0 Å². The lowest BCUT2D eigenvalue weighted by Crippen LogP contribution is -2.26. The molecule has 0 unspecified atom stereocenters. The van der Waals surface area contributed by atoms with Crippen LogP contribution in [0.15, 0.2) is 22.7 Å². The SMILES string of the molecule is CC(=O)NCCNc1ccc(Cl)cc1Br. The minimum Gasteiger partial charge on any atom is -0.382 e. The molecule has 0 aliphatic heterocycles. The summed E-state index contributed by atoms with van der Waals surface area (Å²) in [4.78, 5) is 10.6. The fourth-order valence-corrected chi connectivity index (χ4v) is 1.89. The van der Waals surface area contributed by atoms with Gasteiger partial charge in [-0.3, -0.25) is 4.79 Å². The quantitative estimate of drug-likeness (QED) is 0.837. The van der Waals surface area contributed by atoms with Gasteiger partial charge >= 0.3 is 0 Å². The van der Waals surface area contributed by atoms with E-state index in [1.165, 1.54) is 6.92 Å². The Labute approximate surface area is 102 Å². The summed E-state index contributed by atoms with van der Waals surface area (Å²) in [6.07, 6.45) is 0. The van der Waals surface area contributed by atoms with Crippen molar-refractivity contribution < 1.29 is 4.79 Å². The summed E-state index contributed by atoms with van der Waals surface area (Å²) < 4.78 is 0.915. The predicted octanol–water partition coefficient (Wildman–Crippen LogP) is 2.65. The molecular weight excluding hydrogens is 279 g/mol. The molecule has 1 aromatic carbocycles. The Morgan fingerprint density at radius 2 is 2.20 bits per heavy atom. The lowest BCUT2D eigenvalue weighted by Gasteiger charge is -2.08. The largest absolute Gasteiger partial charge is 0.382 e. The number of anilines is 1. The van der Waals surface area contributed by atoms with Gasteiger partial charge in [-0.1, -0.05) is 11.6 Å². The second-order valence-electron chi connectivity index (χ2n) is 3.03. The van der Waals surface area contributed by atoms with Gasteiger partial charge in [0.05, 0.1) is 0 Å². The standard InChI is InChI=1S/C10H12BrClN2O/c1-7(15)13-4-5-14-10-3-2-8(12)6-9(10)11/h2-3,6,14H,4-5H2,1H3,(H,13,15). The second kappa shape index (κ2) is 5.98. The molecule has 0 fully saturated rings. The molecule has 0 aliphatic carbocycles. The van der Waals surface area contributed by atoms with Crippen LogP contribution in [-0.2, 0) is 4.79 Å². The van der Waals surface area contributed by atoms with Gasteiger partial charge in [0.1, 0.15) is 0 Å². The molecule has 1 rings (SSSR count). The Balaban J connectivity index is 2.40. The third-order valence-electron chi connectivity index (χ3n) is 1.75. The van der Waals surface area contributed by atoms with Gasteiger partial charge in [-0.15, -0.1) is 0 Å². The highest BCUT2D eigenvalue weighted by molar-refractivity contribution is 9.10. The number of hydrogen-bond donors (Lipinski definition) is 2. The number of carbonyl (C=O) groups excluding carboxylic acids is 1. The number of hydrogen-bond acceptors (Lipinski definition) is 2. The van der Waals surface area contributed by atoms with Crippen molar-refractivity contribution >= 4 is 39.1 Å². The summed E-state index contributed by atoms with van der Waals surface area (Å²) in [5, 5.41) is 6.57. The Morgan fingerprint density at radius 1 is 1.47 bits per heavy atom. The Bertz CT molecular complexity index is 357. The number of halogens is 2. The summed E-state index contributed by atoms with van der Waals surface area (Å²) in [5.74, 6) is -0.0213. The summed E-state index contributed by atoms with van der Waals surface area (Å²) in [6, 6.07) is 5.52. The van der Waals surface area contributed by atoms with Gasteiger partial charge in [0.15, 0.2) is 0 Å². The Hall–Kier alpha value is -0.740. The third kappa shape index (κ3) is 4.53. The second-order valence-corrected chi connectivity index (χ2v) is 4.32. The Morgan fingerprint density at radius 3 is 2.80 bits per heavy atom. The molecule has 2 N–H and O–H groups in total. The van der Waals surface area contributed by atoms with E-state index in [4.69, 9.17) is 11.6 Å². The first kappa shape index (κ1) is 12.3. The number of carbonyl (C=O) groups is 1. The van der Waals surface area contributed by atoms with Crippen molar-refractivity contribution in [3.05, 3.63) is 27.7 Å². The van der Waals surface area contributed by atoms with Crippen molar-refractivity contribution in [3.63, 3.8) is 0 Å². The van der Waals surface area contributed by atoms with Crippen molar-refractivity contribution in [1.82, 2.24) is 5.32 Å². The van der Waals surface area contributed by atoms with Gasteiger partial charge in [0.25, 0.3) is 0 Å². The average molecular weight is 292 g/mol. The molecule has 0 spiro atoms. The highest BCUT2D eigenvalue weighted by atomic mass is 79.9. The molecule has 0 atom stereocenters. The van der Waals surface area contributed by atoms with E-state index in [-0.39, 0.29) is 5.91 Å². The van der Waals surface area contributed by atoms with Crippen LogP contribution in [0.3, 0.4) is 0 Å². The number of amides is 1. The zero-order chi connectivity index (χ0) is 11.3. The van der Waals surface area contributed by atoms with Gasteiger partial charge in [-0.05, 0) is 34.1 Å². The van der Waals surface area contributed by atoms with E-state index in [2.05, 4.69) is 26.6 Å². The molecule has 0 aliphatic rings. The molecule has 0 saturated carbocycles. The molecule has 0 heterocycles. The molecular formula is C10H12BrClN2O.